The lowest BCUT2D eigenvalue weighted by Gasteiger charge is -2.23. The highest BCUT2D eigenvalue weighted by Crippen LogP contribution is 2.37. The van der Waals surface area contributed by atoms with Gasteiger partial charge in [0.2, 0.25) is 0 Å². The van der Waals surface area contributed by atoms with Crippen LogP contribution in [-0.4, -0.2) is 18.4 Å². The highest BCUT2D eigenvalue weighted by molar-refractivity contribution is 6.34. The maximum Gasteiger partial charge on any atom is 0.269 e. The van der Waals surface area contributed by atoms with E-state index >= 15 is 0 Å². The molecule has 0 radical (unpaired) electrons. The van der Waals surface area contributed by atoms with E-state index in [0.29, 0.717) is 34.5 Å². The van der Waals surface area contributed by atoms with Crippen LogP contribution in [-0.2, 0) is 9.59 Å². The fourth-order valence-corrected chi connectivity index (χ4v) is 2.84. The fourth-order valence-electron chi connectivity index (χ4n) is 2.67. The summed E-state index contributed by atoms with van der Waals surface area (Å²) in [7, 11) is 0. The number of hydrogen-bond acceptors (Lipinski definition) is 3. The molecule has 2 amide bonds. The van der Waals surface area contributed by atoms with E-state index in [1.165, 1.54) is 11.1 Å². The molecule has 0 unspecified atom stereocenters. The van der Waals surface area contributed by atoms with E-state index in [2.05, 4.69) is 24.5 Å². The van der Waals surface area contributed by atoms with Gasteiger partial charge in [-0.25, -0.2) is 0 Å². The smallest absolute Gasteiger partial charge is 0.269 e. The number of para-hydroxylation sites is 1. The third-order valence-electron chi connectivity index (χ3n) is 3.91. The van der Waals surface area contributed by atoms with Crippen LogP contribution in [0.15, 0.2) is 60.3 Å². The number of fused-ring (bicyclic) bond motifs is 1. The number of rotatable bonds is 4. The van der Waals surface area contributed by atoms with E-state index in [1.54, 1.807) is 18.2 Å². The predicted molar refractivity (Wildman–Crippen MR) is 105 cm³/mol. The number of benzene rings is 2. The van der Waals surface area contributed by atoms with Crippen LogP contribution in [0.3, 0.4) is 0 Å². The van der Waals surface area contributed by atoms with Crippen LogP contribution < -0.4 is 15.5 Å². The normalized spacial score (nSPS) is 15.7. The van der Waals surface area contributed by atoms with Crippen molar-refractivity contribution in [3.8, 4) is 0 Å². The Balaban J connectivity index is 2.10. The van der Waals surface area contributed by atoms with Crippen LogP contribution >= 0.6 is 11.6 Å². The minimum Gasteiger partial charge on any atom is -0.390 e. The average Bonchev–Trinajstić information content (AvgIpc) is 2.70. The summed E-state index contributed by atoms with van der Waals surface area (Å²) in [5.41, 5.74) is 1.77. The number of amides is 2. The molecular formula is C20H20ClN3O2. The Bertz CT molecular complexity index is 863. The van der Waals surface area contributed by atoms with Gasteiger partial charge in [0.25, 0.3) is 11.8 Å². The molecule has 3 rings (SSSR count). The van der Waals surface area contributed by atoms with E-state index in [0.717, 1.165) is 0 Å². The lowest BCUT2D eigenvalue weighted by molar-refractivity contribution is -0.119. The molecule has 1 aliphatic rings. The van der Waals surface area contributed by atoms with E-state index in [-0.39, 0.29) is 5.57 Å². The van der Waals surface area contributed by atoms with Crippen LogP contribution in [0.1, 0.15) is 13.8 Å². The first-order valence-corrected chi connectivity index (χ1v) is 8.79. The summed E-state index contributed by atoms with van der Waals surface area (Å²) < 4.78 is 0. The van der Waals surface area contributed by atoms with Gasteiger partial charge in [-0.3, -0.25) is 14.5 Å². The second-order valence-electron chi connectivity index (χ2n) is 6.45. The number of carbonyl (C=O) groups is 2. The number of hydrogen-bond donors (Lipinski definition) is 2. The molecule has 0 saturated heterocycles. The van der Waals surface area contributed by atoms with Gasteiger partial charge in [0.05, 0.1) is 11.4 Å². The van der Waals surface area contributed by atoms with Crippen molar-refractivity contribution in [2.75, 3.05) is 16.8 Å². The van der Waals surface area contributed by atoms with Gasteiger partial charge < -0.3 is 10.6 Å². The summed E-state index contributed by atoms with van der Waals surface area (Å²) in [6, 6.07) is 14.2. The minimum atomic E-state index is -0.451. The van der Waals surface area contributed by atoms with E-state index in [4.69, 9.17) is 11.6 Å². The molecule has 0 spiro atoms. The Morgan fingerprint density at radius 3 is 2.58 bits per heavy atom. The zero-order chi connectivity index (χ0) is 18.7. The molecule has 0 saturated carbocycles. The van der Waals surface area contributed by atoms with Gasteiger partial charge in [-0.1, -0.05) is 43.6 Å². The molecule has 0 bridgehead atoms. The van der Waals surface area contributed by atoms with E-state index in [9.17, 15) is 9.59 Å². The van der Waals surface area contributed by atoms with Crippen LogP contribution in [0.5, 0.6) is 0 Å². The van der Waals surface area contributed by atoms with Gasteiger partial charge >= 0.3 is 0 Å². The number of nitrogens with zero attached hydrogens (tertiary/aromatic N) is 1. The molecule has 0 aliphatic carbocycles. The van der Waals surface area contributed by atoms with E-state index < -0.39 is 11.8 Å². The van der Waals surface area contributed by atoms with Crippen LogP contribution in [0.25, 0.3) is 0 Å². The monoisotopic (exact) mass is 369 g/mol. The number of halogens is 1. The van der Waals surface area contributed by atoms with Crippen molar-refractivity contribution in [1.29, 1.82) is 0 Å². The second-order valence-corrected chi connectivity index (χ2v) is 6.89. The highest BCUT2D eigenvalue weighted by Gasteiger charge is 2.32. The summed E-state index contributed by atoms with van der Waals surface area (Å²) in [6.07, 6.45) is 1.49. The second kappa shape index (κ2) is 7.62. The average molecular weight is 370 g/mol. The summed E-state index contributed by atoms with van der Waals surface area (Å²) >= 11 is 6.14. The molecule has 0 fully saturated rings. The molecule has 134 valence electrons. The Kier molecular flexibility index (Phi) is 5.28. The largest absolute Gasteiger partial charge is 0.390 e. The Morgan fingerprint density at radius 2 is 1.88 bits per heavy atom. The number of carbonyl (C=O) groups excluding carboxylic acids is 2. The highest BCUT2D eigenvalue weighted by atomic mass is 35.5. The summed E-state index contributed by atoms with van der Waals surface area (Å²) in [4.78, 5) is 27.3. The summed E-state index contributed by atoms with van der Waals surface area (Å²) in [6.45, 7) is 4.76. The van der Waals surface area contributed by atoms with Crippen LogP contribution in [0.4, 0.5) is 17.1 Å². The lowest BCUT2D eigenvalue weighted by atomic mass is 10.2. The first-order chi connectivity index (χ1) is 12.5. The van der Waals surface area contributed by atoms with Gasteiger partial charge in [0, 0.05) is 23.5 Å². The van der Waals surface area contributed by atoms with Crippen LogP contribution in [0, 0.1) is 5.92 Å². The molecule has 2 N–H and O–H groups in total. The zero-order valence-corrected chi connectivity index (χ0v) is 15.4. The van der Waals surface area contributed by atoms with E-state index in [1.807, 2.05) is 30.3 Å². The topological polar surface area (TPSA) is 61.4 Å². The van der Waals surface area contributed by atoms with Crippen LogP contribution in [0.2, 0.25) is 5.02 Å². The molecule has 0 atom stereocenters. The fraction of sp³-hybridized carbons (Fsp3) is 0.200. The molecule has 2 aromatic rings. The maximum atomic E-state index is 13.2. The molecule has 1 heterocycles. The number of anilines is 3. The van der Waals surface area contributed by atoms with Crippen molar-refractivity contribution in [2.24, 2.45) is 5.92 Å². The third-order valence-corrected chi connectivity index (χ3v) is 4.15. The van der Waals surface area contributed by atoms with Gasteiger partial charge in [0.1, 0.15) is 5.57 Å². The van der Waals surface area contributed by atoms with Crippen molar-refractivity contribution in [3.05, 3.63) is 65.3 Å². The van der Waals surface area contributed by atoms with Gasteiger partial charge in [-0.2, -0.15) is 0 Å². The van der Waals surface area contributed by atoms with Gasteiger partial charge in [-0.15, -0.1) is 0 Å². The Morgan fingerprint density at radius 1 is 1.15 bits per heavy atom. The van der Waals surface area contributed by atoms with Crippen molar-refractivity contribution < 1.29 is 9.59 Å². The first-order valence-electron chi connectivity index (χ1n) is 8.41. The van der Waals surface area contributed by atoms with Crippen molar-refractivity contribution >= 4 is 40.5 Å². The molecular weight excluding hydrogens is 350 g/mol. The Hall–Kier alpha value is -2.79. The van der Waals surface area contributed by atoms with Crippen molar-refractivity contribution in [3.63, 3.8) is 0 Å². The SMILES string of the molecule is CC(C)CNC=C1C(=O)Nc2ccc(Cl)cc2N(c2ccccc2)C1=O. The zero-order valence-electron chi connectivity index (χ0n) is 14.6. The molecule has 26 heavy (non-hydrogen) atoms. The molecule has 6 heteroatoms. The molecule has 5 nitrogen and oxygen atoms in total. The van der Waals surface area contributed by atoms with Crippen molar-refractivity contribution in [2.45, 2.75) is 13.8 Å². The molecule has 2 aromatic carbocycles. The standard InChI is InChI=1S/C20H20ClN3O2/c1-13(2)11-22-12-16-19(25)23-17-9-8-14(21)10-18(17)24(20(16)26)15-6-4-3-5-7-15/h3-10,12-13,22H,11H2,1-2H3,(H,23,25). The third kappa shape index (κ3) is 3.73. The minimum absolute atomic E-state index is 0.0434. The summed E-state index contributed by atoms with van der Waals surface area (Å²) in [5.74, 6) is -0.476. The van der Waals surface area contributed by atoms with Gasteiger partial charge in [0.15, 0.2) is 0 Å². The molecule has 1 aliphatic heterocycles. The Labute approximate surface area is 157 Å². The van der Waals surface area contributed by atoms with Crippen molar-refractivity contribution in [1.82, 2.24) is 5.32 Å². The first kappa shape index (κ1) is 18.0. The summed E-state index contributed by atoms with van der Waals surface area (Å²) in [5, 5.41) is 6.34. The van der Waals surface area contributed by atoms with Gasteiger partial charge in [-0.05, 0) is 36.2 Å². The number of nitrogens with one attached hydrogen (secondary N) is 2. The lowest BCUT2D eigenvalue weighted by Crippen LogP contribution is -2.30. The predicted octanol–water partition coefficient (Wildman–Crippen LogP) is 4.09. The molecule has 0 aromatic heterocycles. The maximum absolute atomic E-state index is 13.2. The quantitative estimate of drug-likeness (QED) is 0.630.